The third-order valence-electron chi connectivity index (χ3n) is 3.79. The summed E-state index contributed by atoms with van der Waals surface area (Å²) in [5.41, 5.74) is 0. The first-order chi connectivity index (χ1) is 10.8. The molecule has 0 spiro atoms. The molecule has 23 heavy (non-hydrogen) atoms. The molecule has 0 saturated heterocycles. The normalized spacial score (nSPS) is 21.9. The molecule has 0 unspecified atom stereocenters. The number of sulfonamides is 1. The van der Waals surface area contributed by atoms with Crippen molar-refractivity contribution in [3.8, 4) is 6.07 Å². The zero-order valence-electron chi connectivity index (χ0n) is 12.5. The molecule has 1 aromatic rings. The van der Waals surface area contributed by atoms with E-state index in [-0.39, 0.29) is 23.9 Å². The van der Waals surface area contributed by atoms with E-state index in [9.17, 15) is 8.42 Å². The van der Waals surface area contributed by atoms with Crippen LogP contribution in [0.4, 0.5) is 5.82 Å². The number of anilines is 1. The van der Waals surface area contributed by atoms with Crippen LogP contribution in [0.2, 0.25) is 10.3 Å². The number of rotatable bonds is 5. The highest BCUT2D eigenvalue weighted by atomic mass is 35.5. The Morgan fingerprint density at radius 3 is 2.78 bits per heavy atom. The van der Waals surface area contributed by atoms with Crippen LogP contribution in [-0.2, 0) is 10.0 Å². The van der Waals surface area contributed by atoms with Crippen molar-refractivity contribution >= 4 is 39.0 Å². The standard InChI is InChI=1S/C13H17Cl2N5O2S/c1-23(21,22)20(7-6-16)11-5-3-2-4-10(11)18-12-9(14)8-17-13(15)19-12/h8,10-11H,2-5,7H2,1H3,(H,17,18,19)/t10-,11-/m1/s1. The van der Waals surface area contributed by atoms with E-state index in [1.165, 1.54) is 10.5 Å². The maximum Gasteiger partial charge on any atom is 0.224 e. The molecule has 2 rings (SSSR count). The molecule has 0 aromatic carbocycles. The Balaban J connectivity index is 2.27. The lowest BCUT2D eigenvalue weighted by molar-refractivity contribution is 0.251. The minimum absolute atomic E-state index is 0.0567. The van der Waals surface area contributed by atoms with E-state index in [1.807, 2.05) is 6.07 Å². The molecule has 1 heterocycles. The number of nitriles is 1. The molecule has 0 aliphatic heterocycles. The van der Waals surface area contributed by atoms with E-state index in [0.29, 0.717) is 17.3 Å². The molecular formula is C13H17Cl2N5O2S. The van der Waals surface area contributed by atoms with E-state index in [0.717, 1.165) is 25.5 Å². The van der Waals surface area contributed by atoms with Crippen molar-refractivity contribution in [2.75, 3.05) is 18.1 Å². The van der Waals surface area contributed by atoms with Gasteiger partial charge in [-0.3, -0.25) is 0 Å². The number of nitrogens with zero attached hydrogens (tertiary/aromatic N) is 4. The van der Waals surface area contributed by atoms with Crippen molar-refractivity contribution in [3.05, 3.63) is 16.5 Å². The van der Waals surface area contributed by atoms with Gasteiger partial charge < -0.3 is 5.32 Å². The van der Waals surface area contributed by atoms with Crippen molar-refractivity contribution < 1.29 is 8.42 Å². The van der Waals surface area contributed by atoms with Crippen molar-refractivity contribution in [1.82, 2.24) is 14.3 Å². The van der Waals surface area contributed by atoms with Gasteiger partial charge in [0.05, 0.1) is 18.5 Å². The number of aromatic nitrogens is 2. The van der Waals surface area contributed by atoms with Crippen LogP contribution in [0.1, 0.15) is 25.7 Å². The van der Waals surface area contributed by atoms with Crippen molar-refractivity contribution in [1.29, 1.82) is 5.26 Å². The van der Waals surface area contributed by atoms with E-state index >= 15 is 0 Å². The fraction of sp³-hybridized carbons (Fsp3) is 0.615. The predicted octanol–water partition coefficient (Wildman–Crippen LogP) is 2.29. The Morgan fingerprint density at radius 2 is 2.13 bits per heavy atom. The van der Waals surface area contributed by atoms with Gasteiger partial charge in [-0.1, -0.05) is 24.4 Å². The molecule has 0 radical (unpaired) electrons. The zero-order valence-corrected chi connectivity index (χ0v) is 14.9. The first-order valence-electron chi connectivity index (χ1n) is 7.11. The van der Waals surface area contributed by atoms with Gasteiger partial charge >= 0.3 is 0 Å². The minimum Gasteiger partial charge on any atom is -0.364 e. The zero-order chi connectivity index (χ0) is 17.0. The fourth-order valence-electron chi connectivity index (χ4n) is 2.80. The second-order valence-electron chi connectivity index (χ2n) is 5.40. The van der Waals surface area contributed by atoms with Crippen LogP contribution in [-0.4, -0.2) is 47.6 Å². The summed E-state index contributed by atoms with van der Waals surface area (Å²) in [6.45, 7) is -0.181. The third-order valence-corrected chi connectivity index (χ3v) is 5.50. The SMILES string of the molecule is CS(=O)(=O)N(CC#N)[C@@H]1CCCC[C@H]1Nc1nc(Cl)ncc1Cl. The third kappa shape index (κ3) is 4.67. The molecule has 7 nitrogen and oxygen atoms in total. The molecule has 126 valence electrons. The molecule has 1 N–H and O–H groups in total. The van der Waals surface area contributed by atoms with Gasteiger partial charge in [-0.2, -0.15) is 14.6 Å². The van der Waals surface area contributed by atoms with Crippen LogP contribution in [0, 0.1) is 11.3 Å². The number of hydrogen-bond acceptors (Lipinski definition) is 6. The first-order valence-corrected chi connectivity index (χ1v) is 9.71. The van der Waals surface area contributed by atoms with Crippen molar-refractivity contribution in [2.45, 2.75) is 37.8 Å². The van der Waals surface area contributed by atoms with Crippen LogP contribution in [0.3, 0.4) is 0 Å². The van der Waals surface area contributed by atoms with Gasteiger partial charge in [0.2, 0.25) is 15.3 Å². The molecular weight excluding hydrogens is 361 g/mol. The van der Waals surface area contributed by atoms with Gasteiger partial charge in [-0.25, -0.2) is 13.4 Å². The van der Waals surface area contributed by atoms with Gasteiger partial charge in [0, 0.05) is 12.1 Å². The fourth-order valence-corrected chi connectivity index (χ4v) is 4.11. The van der Waals surface area contributed by atoms with Crippen LogP contribution < -0.4 is 5.32 Å². The smallest absolute Gasteiger partial charge is 0.224 e. The van der Waals surface area contributed by atoms with Gasteiger partial charge in [-0.05, 0) is 24.4 Å². The molecule has 1 aliphatic carbocycles. The molecule has 0 amide bonds. The Bertz CT molecular complexity index is 707. The molecule has 10 heteroatoms. The molecule has 1 saturated carbocycles. The lowest BCUT2D eigenvalue weighted by Gasteiger charge is -2.38. The average molecular weight is 378 g/mol. The summed E-state index contributed by atoms with van der Waals surface area (Å²) >= 11 is 11.8. The van der Waals surface area contributed by atoms with Gasteiger partial charge in [0.25, 0.3) is 0 Å². The van der Waals surface area contributed by atoms with Gasteiger partial charge in [0.1, 0.15) is 17.4 Å². The average Bonchev–Trinajstić information content (AvgIpc) is 2.48. The van der Waals surface area contributed by atoms with Crippen LogP contribution in [0.15, 0.2) is 6.20 Å². The highest BCUT2D eigenvalue weighted by Gasteiger charge is 2.35. The predicted molar refractivity (Wildman–Crippen MR) is 88.9 cm³/mol. The van der Waals surface area contributed by atoms with Crippen LogP contribution >= 0.6 is 23.2 Å². The monoisotopic (exact) mass is 377 g/mol. The highest BCUT2D eigenvalue weighted by Crippen LogP contribution is 2.29. The molecule has 2 atom stereocenters. The topological polar surface area (TPSA) is 99.0 Å². The Morgan fingerprint density at radius 1 is 1.43 bits per heavy atom. The largest absolute Gasteiger partial charge is 0.364 e. The van der Waals surface area contributed by atoms with Crippen molar-refractivity contribution in [2.24, 2.45) is 0 Å². The Hall–Kier alpha value is -1.14. The van der Waals surface area contributed by atoms with Crippen LogP contribution in [0.25, 0.3) is 0 Å². The van der Waals surface area contributed by atoms with E-state index in [1.54, 1.807) is 0 Å². The second-order valence-corrected chi connectivity index (χ2v) is 8.08. The van der Waals surface area contributed by atoms with E-state index in [2.05, 4.69) is 15.3 Å². The maximum atomic E-state index is 12.0. The maximum absolute atomic E-state index is 12.0. The minimum atomic E-state index is -3.49. The van der Waals surface area contributed by atoms with Gasteiger partial charge in [-0.15, -0.1) is 0 Å². The van der Waals surface area contributed by atoms with Crippen LogP contribution in [0.5, 0.6) is 0 Å². The number of halogens is 2. The first kappa shape index (κ1) is 18.2. The van der Waals surface area contributed by atoms with Gasteiger partial charge in [0.15, 0.2) is 0 Å². The van der Waals surface area contributed by atoms with E-state index in [4.69, 9.17) is 28.5 Å². The summed E-state index contributed by atoms with van der Waals surface area (Å²) in [6, 6.07) is 1.39. The summed E-state index contributed by atoms with van der Waals surface area (Å²) in [6.07, 6.45) is 5.78. The Labute approximate surface area is 145 Å². The summed E-state index contributed by atoms with van der Waals surface area (Å²) in [5, 5.41) is 12.5. The molecule has 0 bridgehead atoms. The second kappa shape index (κ2) is 7.62. The quantitative estimate of drug-likeness (QED) is 0.624. The summed E-state index contributed by atoms with van der Waals surface area (Å²) in [5.74, 6) is 0.369. The molecule has 1 aliphatic rings. The van der Waals surface area contributed by atoms with E-state index < -0.39 is 10.0 Å². The lowest BCUT2D eigenvalue weighted by atomic mass is 9.90. The molecule has 1 fully saturated rings. The molecule has 1 aromatic heterocycles. The summed E-state index contributed by atoms with van der Waals surface area (Å²) < 4.78 is 25.3. The number of hydrogen-bond donors (Lipinski definition) is 1. The summed E-state index contributed by atoms with van der Waals surface area (Å²) in [7, 11) is -3.49. The van der Waals surface area contributed by atoms with Crippen molar-refractivity contribution in [3.63, 3.8) is 0 Å². The summed E-state index contributed by atoms with van der Waals surface area (Å²) in [4.78, 5) is 7.84. The lowest BCUT2D eigenvalue weighted by Crippen LogP contribution is -2.51. The number of nitrogens with one attached hydrogen (secondary N) is 1. The Kier molecular flexibility index (Phi) is 6.03. The highest BCUT2D eigenvalue weighted by molar-refractivity contribution is 7.88.